The van der Waals surface area contributed by atoms with Gasteiger partial charge in [0.15, 0.2) is 0 Å². The van der Waals surface area contributed by atoms with E-state index < -0.39 is 21.1 Å². The standard InChI is InChI=1S/C4H9.2O.Sn/c1-3-4-2;;;/h1,3-4H2,2H3;;;. The number of rotatable bonds is 1. The van der Waals surface area contributed by atoms with Gasteiger partial charge in [-0.15, -0.1) is 0 Å². The molecule has 41 valence electrons. The molecule has 0 aromatic carbocycles. The van der Waals surface area contributed by atoms with Crippen molar-refractivity contribution in [1.82, 2.24) is 0 Å². The Bertz CT molecular complexity index is 45.7. The summed E-state index contributed by atoms with van der Waals surface area (Å²) in [4.78, 5) is 0. The van der Waals surface area contributed by atoms with Crippen LogP contribution in [-0.2, 0) is 6.15 Å². The van der Waals surface area contributed by atoms with Crippen LogP contribution in [0.15, 0.2) is 0 Å². The van der Waals surface area contributed by atoms with E-state index in [1.165, 1.54) is 6.42 Å². The summed E-state index contributed by atoms with van der Waals surface area (Å²) in [5.41, 5.74) is 0. The van der Waals surface area contributed by atoms with Gasteiger partial charge in [-0.05, 0) is 0 Å². The molecule has 0 fully saturated rings. The van der Waals surface area contributed by atoms with Gasteiger partial charge in [0.25, 0.3) is 0 Å². The van der Waals surface area contributed by atoms with Gasteiger partial charge in [-0.25, -0.2) is 0 Å². The first-order chi connectivity index (χ1) is 3.33. The quantitative estimate of drug-likeness (QED) is 0.602. The van der Waals surface area contributed by atoms with Gasteiger partial charge in [-0.1, -0.05) is 26.7 Å². The molecule has 0 N–H and O–H groups in total. The summed E-state index contributed by atoms with van der Waals surface area (Å²) in [6.45, 7) is 5.72. The molecule has 0 saturated carbocycles. The Hall–Kier alpha value is 0.399. The van der Waals surface area contributed by atoms with E-state index in [4.69, 9.17) is 6.15 Å². The summed E-state index contributed by atoms with van der Waals surface area (Å²) < 4.78 is 17.1. The van der Waals surface area contributed by atoms with Crippen molar-refractivity contribution in [3.05, 3.63) is 6.92 Å². The van der Waals surface area contributed by atoms with Crippen molar-refractivity contribution >= 4 is 21.1 Å². The van der Waals surface area contributed by atoms with Crippen molar-refractivity contribution in [2.45, 2.75) is 19.8 Å². The second-order valence-electron chi connectivity index (χ2n) is 0.937. The number of hydrogen-bond acceptors (Lipinski definition) is 2. The maximum absolute atomic E-state index is 8.54. The zero-order valence-corrected chi connectivity index (χ0v) is 7.29. The van der Waals surface area contributed by atoms with Gasteiger partial charge in [-0.3, -0.25) is 0 Å². The summed E-state index contributed by atoms with van der Waals surface area (Å²) in [7, 11) is 0. The first-order valence-electron chi connectivity index (χ1n) is 2.12. The molecule has 7 heavy (non-hydrogen) atoms. The van der Waals surface area contributed by atoms with E-state index in [0.29, 0.717) is 0 Å². The third kappa shape index (κ3) is 63.3. The Labute approximate surface area is 54.3 Å². The van der Waals surface area contributed by atoms with E-state index in [1.807, 2.05) is 0 Å². The Morgan fingerprint density at radius 3 is 1.71 bits per heavy atom. The van der Waals surface area contributed by atoms with Gasteiger partial charge in [0.1, 0.15) is 0 Å². The molecule has 0 spiro atoms. The average Bonchev–Trinajstić information content (AvgIpc) is 1.69. The molecular formula is C4H9O2Sn. The second-order valence-corrected chi connectivity index (χ2v) is 1.41. The Morgan fingerprint density at radius 1 is 1.57 bits per heavy atom. The summed E-state index contributed by atoms with van der Waals surface area (Å²) in [5.74, 6) is 0. The average molecular weight is 208 g/mol. The molecule has 0 aliphatic rings. The molecule has 3 heteroatoms. The monoisotopic (exact) mass is 209 g/mol. The molecule has 1 radical (unpaired) electrons. The van der Waals surface area contributed by atoms with Gasteiger partial charge in [0, 0.05) is 0 Å². The van der Waals surface area contributed by atoms with Crippen molar-refractivity contribution in [3.63, 3.8) is 0 Å². The molecule has 0 saturated heterocycles. The van der Waals surface area contributed by atoms with Crippen LogP contribution in [0.2, 0.25) is 0 Å². The molecular weight excluding hydrogens is 199 g/mol. The molecule has 0 aromatic heterocycles. The van der Waals surface area contributed by atoms with Crippen LogP contribution in [0, 0.1) is 6.92 Å². The molecule has 0 aliphatic carbocycles. The summed E-state index contributed by atoms with van der Waals surface area (Å²) in [6.07, 6.45) is 2.28. The Morgan fingerprint density at radius 2 is 1.71 bits per heavy atom. The maximum atomic E-state index is 8.54. The van der Waals surface area contributed by atoms with E-state index in [0.717, 1.165) is 6.42 Å². The van der Waals surface area contributed by atoms with Crippen LogP contribution in [-0.4, -0.2) is 21.1 Å². The molecule has 0 atom stereocenters. The zero-order valence-electron chi connectivity index (χ0n) is 4.44. The summed E-state index contributed by atoms with van der Waals surface area (Å²) in [5, 5.41) is 0. The van der Waals surface area contributed by atoms with Gasteiger partial charge in [0.2, 0.25) is 0 Å². The molecule has 0 amide bonds. The molecule has 0 bridgehead atoms. The number of unbranched alkanes of at least 4 members (excludes halogenated alkanes) is 1. The Kier molecular flexibility index (Phi) is 24.0. The second kappa shape index (κ2) is 16.1. The predicted octanol–water partition coefficient (Wildman–Crippen LogP) is 1.00. The van der Waals surface area contributed by atoms with Crippen molar-refractivity contribution in [1.29, 1.82) is 0 Å². The van der Waals surface area contributed by atoms with Gasteiger partial charge >= 0.3 is 27.3 Å². The van der Waals surface area contributed by atoms with E-state index in [1.54, 1.807) is 0 Å². The zero-order chi connectivity index (χ0) is 6.12. The fourth-order valence-electron chi connectivity index (χ4n) is 0. The van der Waals surface area contributed by atoms with Crippen molar-refractivity contribution in [2.24, 2.45) is 0 Å². The van der Waals surface area contributed by atoms with Crippen molar-refractivity contribution in [2.75, 3.05) is 0 Å². The van der Waals surface area contributed by atoms with E-state index >= 15 is 0 Å². The van der Waals surface area contributed by atoms with Crippen LogP contribution >= 0.6 is 0 Å². The van der Waals surface area contributed by atoms with E-state index in [-0.39, 0.29) is 0 Å². The van der Waals surface area contributed by atoms with Crippen molar-refractivity contribution < 1.29 is 6.15 Å². The summed E-state index contributed by atoms with van der Waals surface area (Å²) >= 11 is -2.27. The van der Waals surface area contributed by atoms with Crippen LogP contribution < -0.4 is 0 Å². The van der Waals surface area contributed by atoms with Crippen LogP contribution in [0.5, 0.6) is 0 Å². The molecule has 0 unspecified atom stereocenters. The third-order valence-corrected chi connectivity index (χ3v) is 0.354. The molecule has 2 nitrogen and oxygen atoms in total. The molecule has 0 aromatic rings. The normalized spacial score (nSPS) is 5.43. The van der Waals surface area contributed by atoms with Crippen molar-refractivity contribution in [3.8, 4) is 0 Å². The van der Waals surface area contributed by atoms with Crippen LogP contribution in [0.25, 0.3) is 0 Å². The van der Waals surface area contributed by atoms with Gasteiger partial charge in [0.05, 0.1) is 0 Å². The molecule has 0 rings (SSSR count). The predicted molar refractivity (Wildman–Crippen MR) is 27.4 cm³/mol. The van der Waals surface area contributed by atoms with Gasteiger partial charge < -0.3 is 0 Å². The first kappa shape index (κ1) is 10.4. The molecule has 0 aliphatic heterocycles. The fraction of sp³-hybridized carbons (Fsp3) is 0.750. The van der Waals surface area contributed by atoms with Crippen LogP contribution in [0.3, 0.4) is 0 Å². The minimum atomic E-state index is -2.27. The third-order valence-electron chi connectivity index (χ3n) is 0.354. The minimum absolute atomic E-state index is 1.07. The summed E-state index contributed by atoms with van der Waals surface area (Å²) in [6, 6.07) is 0. The molecule has 0 heterocycles. The van der Waals surface area contributed by atoms with E-state index in [9.17, 15) is 0 Å². The Balaban J connectivity index is 0. The van der Waals surface area contributed by atoms with Crippen LogP contribution in [0.1, 0.15) is 19.8 Å². The van der Waals surface area contributed by atoms with Gasteiger partial charge in [-0.2, -0.15) is 0 Å². The van der Waals surface area contributed by atoms with E-state index in [2.05, 4.69) is 13.8 Å². The first-order valence-corrected chi connectivity index (χ1v) is 4.45. The SMILES string of the molecule is [CH2]CCC.[O]=[Sn]=[O]. The fourth-order valence-corrected chi connectivity index (χ4v) is 0. The topological polar surface area (TPSA) is 34.1 Å². The van der Waals surface area contributed by atoms with Crippen LogP contribution in [0.4, 0.5) is 0 Å². The number of hydrogen-bond donors (Lipinski definition) is 0.